The first-order valence-electron chi connectivity index (χ1n) is 7.48. The third kappa shape index (κ3) is 3.31. The van der Waals surface area contributed by atoms with Crippen LogP contribution in [0.3, 0.4) is 0 Å². The maximum Gasteiger partial charge on any atom is 0.104 e. The lowest BCUT2D eigenvalue weighted by molar-refractivity contribution is 1.13. The second-order valence-electron chi connectivity index (χ2n) is 5.23. The van der Waals surface area contributed by atoms with Crippen molar-refractivity contribution in [2.24, 2.45) is 0 Å². The number of rotatable bonds is 4. The Kier molecular flexibility index (Phi) is 4.52. The van der Waals surface area contributed by atoms with E-state index in [2.05, 4.69) is 29.2 Å². The van der Waals surface area contributed by atoms with Crippen LogP contribution in [0.15, 0.2) is 71.9 Å². The first kappa shape index (κ1) is 15.6. The van der Waals surface area contributed by atoms with Crippen molar-refractivity contribution in [1.82, 2.24) is 9.97 Å². The molecule has 0 bridgehead atoms. The van der Waals surface area contributed by atoms with E-state index in [0.717, 1.165) is 37.5 Å². The predicted molar refractivity (Wildman–Crippen MR) is 104 cm³/mol. The van der Waals surface area contributed by atoms with Crippen LogP contribution in [-0.4, -0.2) is 9.97 Å². The Hall–Kier alpha value is -1.88. The Labute approximate surface area is 153 Å². The van der Waals surface area contributed by atoms with Gasteiger partial charge in [-0.1, -0.05) is 53.7 Å². The Morgan fingerprint density at radius 2 is 1.79 bits per heavy atom. The van der Waals surface area contributed by atoms with Crippen molar-refractivity contribution in [1.29, 1.82) is 0 Å². The molecule has 0 unspecified atom stereocenters. The number of nitrogens with zero attached hydrogens (tertiary/aromatic N) is 2. The van der Waals surface area contributed by atoms with Gasteiger partial charge >= 0.3 is 0 Å². The fourth-order valence-electron chi connectivity index (χ4n) is 2.47. The van der Waals surface area contributed by atoms with Gasteiger partial charge in [0.25, 0.3) is 0 Å². The van der Waals surface area contributed by atoms with Crippen LogP contribution in [0.1, 0.15) is 5.01 Å². The van der Waals surface area contributed by atoms with Crippen LogP contribution in [0.4, 0.5) is 0 Å². The summed E-state index contributed by atoms with van der Waals surface area (Å²) in [7, 11) is 0. The van der Waals surface area contributed by atoms with E-state index < -0.39 is 0 Å². The fraction of sp³-hybridized carbons (Fsp3) is 0.0526. The van der Waals surface area contributed by atoms with E-state index in [1.54, 1.807) is 23.1 Å². The molecule has 0 radical (unpaired) electrons. The van der Waals surface area contributed by atoms with Crippen molar-refractivity contribution in [3.63, 3.8) is 0 Å². The second-order valence-corrected chi connectivity index (χ2v) is 7.74. The first-order chi connectivity index (χ1) is 11.8. The predicted octanol–water partition coefficient (Wildman–Crippen LogP) is 6.30. The van der Waals surface area contributed by atoms with Crippen molar-refractivity contribution in [2.75, 3.05) is 0 Å². The molecule has 5 heteroatoms. The molecule has 0 fully saturated rings. The number of halogens is 1. The van der Waals surface area contributed by atoms with Gasteiger partial charge in [-0.15, -0.1) is 11.3 Å². The van der Waals surface area contributed by atoms with Gasteiger partial charge in [0.1, 0.15) is 10.0 Å². The van der Waals surface area contributed by atoms with Crippen LogP contribution in [0.2, 0.25) is 5.02 Å². The lowest BCUT2D eigenvalue weighted by atomic mass is 10.1. The van der Waals surface area contributed by atoms with E-state index in [1.165, 1.54) is 4.70 Å². The van der Waals surface area contributed by atoms with Gasteiger partial charge in [-0.05, 0) is 35.9 Å². The molecule has 2 heterocycles. The normalized spacial score (nSPS) is 11.0. The molecule has 4 aromatic rings. The molecule has 2 nitrogen and oxygen atoms in total. The zero-order chi connectivity index (χ0) is 16.4. The van der Waals surface area contributed by atoms with Gasteiger partial charge in [0, 0.05) is 16.8 Å². The summed E-state index contributed by atoms with van der Waals surface area (Å²) in [6, 6.07) is 20.2. The Morgan fingerprint density at radius 3 is 2.62 bits per heavy atom. The Balaban J connectivity index is 1.59. The number of aromatic nitrogens is 2. The number of benzene rings is 2. The van der Waals surface area contributed by atoms with Crippen molar-refractivity contribution in [3.05, 3.63) is 76.9 Å². The molecule has 2 aromatic carbocycles. The summed E-state index contributed by atoms with van der Waals surface area (Å²) < 4.78 is 1.23. The molecule has 118 valence electrons. The number of pyridine rings is 1. The van der Waals surface area contributed by atoms with E-state index >= 15 is 0 Å². The topological polar surface area (TPSA) is 25.8 Å². The van der Waals surface area contributed by atoms with Gasteiger partial charge in [-0.25, -0.2) is 9.97 Å². The summed E-state index contributed by atoms with van der Waals surface area (Å²) in [6.07, 6.45) is 1.83. The average Bonchev–Trinajstić information content (AvgIpc) is 3.04. The highest BCUT2D eigenvalue weighted by atomic mass is 35.5. The fourth-order valence-corrected chi connectivity index (χ4v) is 4.57. The van der Waals surface area contributed by atoms with Crippen LogP contribution in [0.5, 0.6) is 0 Å². The maximum atomic E-state index is 5.99. The molecule has 0 spiro atoms. The summed E-state index contributed by atoms with van der Waals surface area (Å²) in [5, 5.41) is 2.87. The van der Waals surface area contributed by atoms with Crippen molar-refractivity contribution in [3.8, 4) is 11.1 Å². The molecule has 0 atom stereocenters. The minimum absolute atomic E-state index is 0.742. The lowest BCUT2D eigenvalue weighted by Crippen LogP contribution is -1.87. The SMILES string of the molecule is Clc1ccc(-c2cccnc2SCc2nc3ccccc3s2)cc1. The highest BCUT2D eigenvalue weighted by molar-refractivity contribution is 7.98. The van der Waals surface area contributed by atoms with Crippen LogP contribution >= 0.6 is 34.7 Å². The third-order valence-corrected chi connectivity index (χ3v) is 6.08. The van der Waals surface area contributed by atoms with Crippen LogP contribution < -0.4 is 0 Å². The van der Waals surface area contributed by atoms with Crippen LogP contribution in [0, 0.1) is 0 Å². The lowest BCUT2D eigenvalue weighted by Gasteiger charge is -2.07. The second kappa shape index (κ2) is 6.93. The van der Waals surface area contributed by atoms with Crippen LogP contribution in [-0.2, 0) is 5.75 Å². The largest absolute Gasteiger partial charge is 0.249 e. The molecule has 0 aliphatic carbocycles. The Morgan fingerprint density at radius 1 is 0.958 bits per heavy atom. The number of hydrogen-bond acceptors (Lipinski definition) is 4. The first-order valence-corrected chi connectivity index (χ1v) is 9.66. The molecule has 24 heavy (non-hydrogen) atoms. The van der Waals surface area contributed by atoms with E-state index in [1.807, 2.05) is 42.6 Å². The van der Waals surface area contributed by atoms with Gasteiger partial charge < -0.3 is 0 Å². The smallest absolute Gasteiger partial charge is 0.104 e. The molecule has 0 saturated carbocycles. The number of hydrogen-bond donors (Lipinski definition) is 0. The van der Waals surface area contributed by atoms with E-state index in [-0.39, 0.29) is 0 Å². The number of para-hydroxylation sites is 1. The van der Waals surface area contributed by atoms with Gasteiger partial charge in [-0.3, -0.25) is 0 Å². The summed E-state index contributed by atoms with van der Waals surface area (Å²) in [6.45, 7) is 0. The summed E-state index contributed by atoms with van der Waals surface area (Å²) in [4.78, 5) is 9.25. The molecule has 0 aliphatic heterocycles. The molecular weight excluding hydrogens is 356 g/mol. The molecule has 0 N–H and O–H groups in total. The Bertz CT molecular complexity index is 947. The summed E-state index contributed by atoms with van der Waals surface area (Å²) in [5.74, 6) is 0.816. The molecule has 2 aromatic heterocycles. The molecule has 0 amide bonds. The van der Waals surface area contributed by atoms with Crippen molar-refractivity contribution >= 4 is 44.9 Å². The minimum Gasteiger partial charge on any atom is -0.249 e. The minimum atomic E-state index is 0.742. The maximum absolute atomic E-state index is 5.99. The third-order valence-electron chi connectivity index (χ3n) is 3.60. The van der Waals surface area contributed by atoms with E-state index in [0.29, 0.717) is 0 Å². The molecule has 0 aliphatic rings. The van der Waals surface area contributed by atoms with Gasteiger partial charge in [0.2, 0.25) is 0 Å². The molecular formula is C19H13ClN2S2. The number of thioether (sulfide) groups is 1. The van der Waals surface area contributed by atoms with Crippen LogP contribution in [0.25, 0.3) is 21.3 Å². The highest BCUT2D eigenvalue weighted by Gasteiger charge is 2.09. The van der Waals surface area contributed by atoms with Gasteiger partial charge in [-0.2, -0.15) is 0 Å². The van der Waals surface area contributed by atoms with Gasteiger partial charge in [0.05, 0.1) is 16.0 Å². The van der Waals surface area contributed by atoms with E-state index in [4.69, 9.17) is 16.6 Å². The number of fused-ring (bicyclic) bond motifs is 1. The van der Waals surface area contributed by atoms with E-state index in [9.17, 15) is 0 Å². The zero-order valence-corrected chi connectivity index (χ0v) is 15.0. The van der Waals surface area contributed by atoms with Crippen molar-refractivity contribution < 1.29 is 0 Å². The highest BCUT2D eigenvalue weighted by Crippen LogP contribution is 2.33. The summed E-state index contributed by atoms with van der Waals surface area (Å²) in [5.41, 5.74) is 3.32. The zero-order valence-electron chi connectivity index (χ0n) is 12.6. The van der Waals surface area contributed by atoms with Crippen molar-refractivity contribution in [2.45, 2.75) is 10.8 Å². The standard InChI is InChI=1S/C19H13ClN2S2/c20-14-9-7-13(8-10-14)15-4-3-11-21-19(15)23-12-18-22-16-5-1-2-6-17(16)24-18/h1-11H,12H2. The monoisotopic (exact) mass is 368 g/mol. The number of thiazole rings is 1. The average molecular weight is 369 g/mol. The quantitative estimate of drug-likeness (QED) is 0.395. The molecule has 4 rings (SSSR count). The molecule has 0 saturated heterocycles. The van der Waals surface area contributed by atoms with Gasteiger partial charge in [0.15, 0.2) is 0 Å². The summed E-state index contributed by atoms with van der Waals surface area (Å²) >= 11 is 9.45.